The van der Waals surface area contributed by atoms with Crippen LogP contribution in [0.5, 0.6) is 0 Å². The molecule has 0 saturated carbocycles. The Balaban J connectivity index is 1.58. The zero-order valence-electron chi connectivity index (χ0n) is 13.2. The van der Waals surface area contributed by atoms with E-state index in [1.807, 2.05) is 6.20 Å². The topological polar surface area (TPSA) is 19.4 Å². The highest BCUT2D eigenvalue weighted by Gasteiger charge is 2.30. The van der Waals surface area contributed by atoms with Crippen molar-refractivity contribution in [3.05, 3.63) is 48.2 Å². The van der Waals surface area contributed by atoms with Crippen LogP contribution < -0.4 is 4.90 Å². The molecule has 1 aromatic heterocycles. The maximum Gasteiger partial charge on any atom is 0.128 e. The first-order chi connectivity index (χ1) is 10.8. The van der Waals surface area contributed by atoms with E-state index in [1.165, 1.54) is 49.2 Å². The molecule has 2 aliphatic heterocycles. The number of anilines is 1. The molecule has 1 aromatic carbocycles. The summed E-state index contributed by atoms with van der Waals surface area (Å²) in [6.07, 6.45) is 4.66. The molecule has 0 radical (unpaired) electrons. The molecule has 0 amide bonds. The van der Waals surface area contributed by atoms with Crippen LogP contribution in [0.25, 0.3) is 11.1 Å². The molecule has 3 heteroatoms. The third-order valence-corrected chi connectivity index (χ3v) is 5.08. The molecule has 3 heterocycles. The Labute approximate surface area is 132 Å². The van der Waals surface area contributed by atoms with Gasteiger partial charge in [0.25, 0.3) is 0 Å². The van der Waals surface area contributed by atoms with Gasteiger partial charge in [-0.25, -0.2) is 4.98 Å². The maximum absolute atomic E-state index is 4.77. The zero-order valence-corrected chi connectivity index (χ0v) is 13.2. The van der Waals surface area contributed by atoms with Gasteiger partial charge in [-0.15, -0.1) is 0 Å². The minimum atomic E-state index is 0.652. The Bertz CT molecular complexity index is 650. The van der Waals surface area contributed by atoms with Crippen LogP contribution in [-0.4, -0.2) is 42.1 Å². The molecule has 2 unspecified atom stereocenters. The number of nitrogens with zero attached hydrogens (tertiary/aromatic N) is 3. The predicted molar refractivity (Wildman–Crippen MR) is 91.2 cm³/mol. The average molecular weight is 293 g/mol. The van der Waals surface area contributed by atoms with Crippen LogP contribution in [0.4, 0.5) is 5.82 Å². The van der Waals surface area contributed by atoms with Crippen LogP contribution in [0.15, 0.2) is 42.6 Å². The molecule has 2 aromatic rings. The number of benzene rings is 1. The molecule has 0 aliphatic carbocycles. The molecular formula is C19H23N3. The number of aryl methyl sites for hydroxylation is 1. The number of fused-ring (bicyclic) bond motifs is 2. The normalized spacial score (nSPS) is 24.3. The summed E-state index contributed by atoms with van der Waals surface area (Å²) in [6.45, 7) is 6.94. The summed E-state index contributed by atoms with van der Waals surface area (Å²) >= 11 is 0. The predicted octanol–water partition coefficient (Wildman–Crippen LogP) is 3.34. The standard InChI is InChI=1S/C19H23N3/c1-15-5-2-3-7-18(15)16-8-9-19(20-13-16)22-12-11-21-10-4-6-17(22)14-21/h2-3,5,7-9,13,17H,4,6,10-12,14H2,1H3. The van der Waals surface area contributed by atoms with E-state index in [2.05, 4.69) is 53.1 Å². The molecule has 2 saturated heterocycles. The third kappa shape index (κ3) is 2.50. The van der Waals surface area contributed by atoms with Crippen molar-refractivity contribution < 1.29 is 0 Å². The number of hydrogen-bond donors (Lipinski definition) is 0. The van der Waals surface area contributed by atoms with Gasteiger partial charge < -0.3 is 4.90 Å². The first kappa shape index (κ1) is 13.8. The van der Waals surface area contributed by atoms with Gasteiger partial charge >= 0.3 is 0 Å². The van der Waals surface area contributed by atoms with Crippen molar-refractivity contribution in [2.75, 3.05) is 31.1 Å². The lowest BCUT2D eigenvalue weighted by Gasteiger charge is -2.45. The Kier molecular flexibility index (Phi) is 3.59. The van der Waals surface area contributed by atoms with Crippen molar-refractivity contribution >= 4 is 5.82 Å². The lowest BCUT2D eigenvalue weighted by molar-refractivity contribution is 0.174. The number of piperidine rings is 1. The minimum absolute atomic E-state index is 0.652. The van der Waals surface area contributed by atoms with E-state index < -0.39 is 0 Å². The van der Waals surface area contributed by atoms with Gasteiger partial charge in [0.2, 0.25) is 0 Å². The Morgan fingerprint density at radius 2 is 1.95 bits per heavy atom. The SMILES string of the molecule is Cc1ccccc1-c1ccc(N2CCN3CCCC2C3)nc1. The van der Waals surface area contributed by atoms with Crippen LogP contribution >= 0.6 is 0 Å². The smallest absolute Gasteiger partial charge is 0.128 e. The molecular weight excluding hydrogens is 270 g/mol. The van der Waals surface area contributed by atoms with Crippen LogP contribution in [0.3, 0.4) is 0 Å². The Morgan fingerprint density at radius 1 is 1.05 bits per heavy atom. The van der Waals surface area contributed by atoms with Gasteiger partial charge in [-0.05, 0) is 49.6 Å². The zero-order chi connectivity index (χ0) is 14.9. The van der Waals surface area contributed by atoms with E-state index in [4.69, 9.17) is 4.98 Å². The lowest BCUT2D eigenvalue weighted by atomic mass is 10.00. The van der Waals surface area contributed by atoms with E-state index in [0.29, 0.717) is 6.04 Å². The fourth-order valence-electron chi connectivity index (χ4n) is 3.83. The van der Waals surface area contributed by atoms with Crippen molar-refractivity contribution in [2.24, 2.45) is 0 Å². The van der Waals surface area contributed by atoms with Gasteiger partial charge in [0.15, 0.2) is 0 Å². The number of hydrogen-bond acceptors (Lipinski definition) is 3. The summed E-state index contributed by atoms with van der Waals surface area (Å²) in [6, 6.07) is 13.6. The molecule has 2 aliphatic rings. The van der Waals surface area contributed by atoms with Crippen LogP contribution in [-0.2, 0) is 0 Å². The summed E-state index contributed by atoms with van der Waals surface area (Å²) < 4.78 is 0. The second-order valence-corrected chi connectivity index (χ2v) is 6.51. The van der Waals surface area contributed by atoms with E-state index in [-0.39, 0.29) is 0 Å². The summed E-state index contributed by atoms with van der Waals surface area (Å²) in [5, 5.41) is 0. The number of rotatable bonds is 2. The summed E-state index contributed by atoms with van der Waals surface area (Å²) in [4.78, 5) is 9.88. The van der Waals surface area contributed by atoms with Crippen LogP contribution in [0.1, 0.15) is 18.4 Å². The van der Waals surface area contributed by atoms with Crippen LogP contribution in [0, 0.1) is 6.92 Å². The molecule has 114 valence electrons. The van der Waals surface area contributed by atoms with Crippen molar-refractivity contribution in [3.8, 4) is 11.1 Å². The maximum atomic E-state index is 4.77. The van der Waals surface area contributed by atoms with E-state index in [9.17, 15) is 0 Å². The number of aromatic nitrogens is 1. The molecule has 2 atom stereocenters. The first-order valence-corrected chi connectivity index (χ1v) is 8.32. The summed E-state index contributed by atoms with van der Waals surface area (Å²) in [5.74, 6) is 1.14. The molecule has 4 rings (SSSR count). The second kappa shape index (κ2) is 5.73. The van der Waals surface area contributed by atoms with Crippen molar-refractivity contribution in [3.63, 3.8) is 0 Å². The highest BCUT2D eigenvalue weighted by molar-refractivity contribution is 5.67. The van der Waals surface area contributed by atoms with E-state index in [1.54, 1.807) is 0 Å². The quantitative estimate of drug-likeness (QED) is 0.846. The molecule has 0 spiro atoms. The second-order valence-electron chi connectivity index (χ2n) is 6.51. The Hall–Kier alpha value is -1.87. The van der Waals surface area contributed by atoms with Crippen molar-refractivity contribution in [2.45, 2.75) is 25.8 Å². The lowest BCUT2D eigenvalue weighted by Crippen LogP contribution is -2.56. The first-order valence-electron chi connectivity index (χ1n) is 8.32. The number of pyridine rings is 1. The molecule has 22 heavy (non-hydrogen) atoms. The highest BCUT2D eigenvalue weighted by atomic mass is 15.3. The molecule has 3 nitrogen and oxygen atoms in total. The fraction of sp³-hybridized carbons (Fsp3) is 0.421. The number of piperazine rings is 1. The summed E-state index contributed by atoms with van der Waals surface area (Å²) in [5.41, 5.74) is 3.80. The molecule has 2 bridgehead atoms. The van der Waals surface area contributed by atoms with Crippen molar-refractivity contribution in [1.29, 1.82) is 0 Å². The van der Waals surface area contributed by atoms with Gasteiger partial charge in [0.05, 0.1) is 0 Å². The van der Waals surface area contributed by atoms with Crippen LogP contribution in [0.2, 0.25) is 0 Å². The fourth-order valence-corrected chi connectivity index (χ4v) is 3.83. The Morgan fingerprint density at radius 3 is 2.77 bits per heavy atom. The van der Waals surface area contributed by atoms with Gasteiger partial charge in [-0.1, -0.05) is 24.3 Å². The van der Waals surface area contributed by atoms with Gasteiger partial charge in [0.1, 0.15) is 5.82 Å². The van der Waals surface area contributed by atoms with E-state index in [0.717, 1.165) is 12.4 Å². The average Bonchev–Trinajstić information content (AvgIpc) is 2.56. The molecule has 0 N–H and O–H groups in total. The monoisotopic (exact) mass is 293 g/mol. The largest absolute Gasteiger partial charge is 0.351 e. The van der Waals surface area contributed by atoms with Gasteiger partial charge in [-0.3, -0.25) is 4.90 Å². The third-order valence-electron chi connectivity index (χ3n) is 5.08. The highest BCUT2D eigenvalue weighted by Crippen LogP contribution is 2.28. The summed E-state index contributed by atoms with van der Waals surface area (Å²) in [7, 11) is 0. The van der Waals surface area contributed by atoms with Gasteiger partial charge in [0, 0.05) is 37.4 Å². The van der Waals surface area contributed by atoms with Gasteiger partial charge in [-0.2, -0.15) is 0 Å². The van der Waals surface area contributed by atoms with E-state index >= 15 is 0 Å². The van der Waals surface area contributed by atoms with Crippen molar-refractivity contribution in [1.82, 2.24) is 9.88 Å². The molecule has 2 fully saturated rings. The minimum Gasteiger partial charge on any atom is -0.351 e.